The highest BCUT2D eigenvalue weighted by molar-refractivity contribution is 5.68. The molecule has 1 saturated carbocycles. The van der Waals surface area contributed by atoms with Crippen molar-refractivity contribution in [3.63, 3.8) is 0 Å². The Labute approximate surface area is 123 Å². The van der Waals surface area contributed by atoms with E-state index >= 15 is 0 Å². The molecule has 116 valence electrons. The van der Waals surface area contributed by atoms with Gasteiger partial charge in [0.1, 0.15) is 5.60 Å². The van der Waals surface area contributed by atoms with Gasteiger partial charge in [0.25, 0.3) is 0 Å². The highest BCUT2D eigenvalue weighted by atomic mass is 16.6. The number of carbonyl (C=O) groups is 1. The van der Waals surface area contributed by atoms with Crippen molar-refractivity contribution in [3.05, 3.63) is 0 Å². The third-order valence-corrected chi connectivity index (χ3v) is 4.45. The molecule has 2 rings (SSSR count). The van der Waals surface area contributed by atoms with Crippen molar-refractivity contribution in [1.82, 2.24) is 10.2 Å². The average Bonchev–Trinajstić information content (AvgIpc) is 2.97. The van der Waals surface area contributed by atoms with Gasteiger partial charge in [-0.15, -0.1) is 0 Å². The van der Waals surface area contributed by atoms with Gasteiger partial charge in [0.05, 0.1) is 0 Å². The van der Waals surface area contributed by atoms with E-state index in [-0.39, 0.29) is 6.09 Å². The molecule has 1 aliphatic carbocycles. The molecule has 1 aliphatic heterocycles. The smallest absolute Gasteiger partial charge is 0.410 e. The first-order chi connectivity index (χ1) is 9.35. The zero-order valence-electron chi connectivity index (χ0n) is 13.4. The predicted octanol–water partition coefficient (Wildman–Crippen LogP) is 3.16. The fourth-order valence-corrected chi connectivity index (χ4v) is 3.35. The molecule has 0 aromatic heterocycles. The molecule has 1 saturated heterocycles. The summed E-state index contributed by atoms with van der Waals surface area (Å²) in [6.07, 6.45) is 6.34. The summed E-state index contributed by atoms with van der Waals surface area (Å²) >= 11 is 0. The van der Waals surface area contributed by atoms with Gasteiger partial charge in [-0.2, -0.15) is 0 Å². The Morgan fingerprint density at radius 2 is 1.90 bits per heavy atom. The molecule has 0 aromatic carbocycles. The maximum absolute atomic E-state index is 12.0. The van der Waals surface area contributed by atoms with E-state index in [1.807, 2.05) is 25.7 Å². The van der Waals surface area contributed by atoms with Gasteiger partial charge in [-0.1, -0.05) is 12.8 Å². The van der Waals surface area contributed by atoms with Crippen molar-refractivity contribution in [2.24, 2.45) is 5.92 Å². The van der Waals surface area contributed by atoms with Gasteiger partial charge in [0, 0.05) is 25.2 Å². The first-order valence-electron chi connectivity index (χ1n) is 8.09. The van der Waals surface area contributed by atoms with E-state index in [0.717, 1.165) is 25.4 Å². The quantitative estimate of drug-likeness (QED) is 0.864. The van der Waals surface area contributed by atoms with E-state index in [2.05, 4.69) is 12.2 Å². The number of ether oxygens (including phenoxy) is 1. The van der Waals surface area contributed by atoms with Crippen LogP contribution in [-0.4, -0.2) is 41.8 Å². The Kier molecular flexibility index (Phi) is 4.95. The second kappa shape index (κ2) is 6.33. The Morgan fingerprint density at radius 1 is 1.25 bits per heavy atom. The largest absolute Gasteiger partial charge is 0.444 e. The van der Waals surface area contributed by atoms with Gasteiger partial charge < -0.3 is 15.0 Å². The Morgan fingerprint density at radius 3 is 2.50 bits per heavy atom. The minimum atomic E-state index is -0.403. The minimum Gasteiger partial charge on any atom is -0.444 e. The summed E-state index contributed by atoms with van der Waals surface area (Å²) in [6.45, 7) is 9.64. The lowest BCUT2D eigenvalue weighted by Gasteiger charge is -2.26. The standard InChI is InChI=1S/C16H30N2O2/c1-12(13-7-5-6-8-13)17-14-9-10-18(11-14)15(19)20-16(2,3)4/h12-14,17H,5-11H2,1-4H3. The topological polar surface area (TPSA) is 41.6 Å². The van der Waals surface area contributed by atoms with Crippen LogP contribution in [0.2, 0.25) is 0 Å². The molecule has 1 amide bonds. The summed E-state index contributed by atoms with van der Waals surface area (Å²) in [5.74, 6) is 0.825. The molecular weight excluding hydrogens is 252 g/mol. The van der Waals surface area contributed by atoms with E-state index in [9.17, 15) is 4.79 Å². The minimum absolute atomic E-state index is 0.171. The molecular formula is C16H30N2O2. The molecule has 20 heavy (non-hydrogen) atoms. The molecule has 1 heterocycles. The maximum atomic E-state index is 12.0. The van der Waals surface area contributed by atoms with Crippen molar-refractivity contribution in [2.45, 2.75) is 77.5 Å². The normalized spacial score (nSPS) is 26.0. The van der Waals surface area contributed by atoms with Crippen molar-refractivity contribution in [3.8, 4) is 0 Å². The van der Waals surface area contributed by atoms with Crippen molar-refractivity contribution < 1.29 is 9.53 Å². The SMILES string of the molecule is CC(NC1CCN(C(=O)OC(C)(C)C)C1)C1CCCC1. The van der Waals surface area contributed by atoms with E-state index in [0.29, 0.717) is 12.1 Å². The second-order valence-electron chi connectivity index (χ2n) is 7.41. The van der Waals surface area contributed by atoms with E-state index in [1.165, 1.54) is 25.7 Å². The fraction of sp³-hybridized carbons (Fsp3) is 0.938. The highest BCUT2D eigenvalue weighted by Crippen LogP contribution is 2.28. The van der Waals surface area contributed by atoms with Gasteiger partial charge in [0.15, 0.2) is 0 Å². The number of hydrogen-bond acceptors (Lipinski definition) is 3. The number of nitrogens with zero attached hydrogens (tertiary/aromatic N) is 1. The van der Waals surface area contributed by atoms with Crippen molar-refractivity contribution in [2.75, 3.05) is 13.1 Å². The Balaban J connectivity index is 1.75. The van der Waals surface area contributed by atoms with Gasteiger partial charge >= 0.3 is 6.09 Å². The molecule has 2 aliphatic rings. The summed E-state index contributed by atoms with van der Waals surface area (Å²) in [4.78, 5) is 13.9. The molecule has 0 bridgehead atoms. The van der Waals surface area contributed by atoms with Gasteiger partial charge in [-0.25, -0.2) is 4.79 Å². The number of amides is 1. The average molecular weight is 282 g/mol. The van der Waals surface area contributed by atoms with Gasteiger partial charge in [-0.05, 0) is 52.9 Å². The van der Waals surface area contributed by atoms with Crippen LogP contribution < -0.4 is 5.32 Å². The summed E-state index contributed by atoms with van der Waals surface area (Å²) in [6, 6.07) is 0.999. The molecule has 0 spiro atoms. The van der Waals surface area contributed by atoms with Crippen LogP contribution in [0.15, 0.2) is 0 Å². The van der Waals surface area contributed by atoms with Crippen molar-refractivity contribution >= 4 is 6.09 Å². The monoisotopic (exact) mass is 282 g/mol. The van der Waals surface area contributed by atoms with E-state index in [4.69, 9.17) is 4.74 Å². The van der Waals surface area contributed by atoms with Crippen LogP contribution in [0.25, 0.3) is 0 Å². The summed E-state index contributed by atoms with van der Waals surface area (Å²) in [7, 11) is 0. The van der Waals surface area contributed by atoms with Crippen LogP contribution in [0, 0.1) is 5.92 Å². The number of likely N-dealkylation sites (tertiary alicyclic amines) is 1. The first kappa shape index (κ1) is 15.6. The van der Waals surface area contributed by atoms with Crippen LogP contribution in [0.5, 0.6) is 0 Å². The molecule has 0 radical (unpaired) electrons. The van der Waals surface area contributed by atoms with Crippen LogP contribution in [0.3, 0.4) is 0 Å². The van der Waals surface area contributed by atoms with E-state index < -0.39 is 5.60 Å². The molecule has 4 nitrogen and oxygen atoms in total. The van der Waals surface area contributed by atoms with Gasteiger partial charge in [-0.3, -0.25) is 0 Å². The lowest BCUT2D eigenvalue weighted by Crippen LogP contribution is -2.43. The zero-order valence-corrected chi connectivity index (χ0v) is 13.4. The fourth-order valence-electron chi connectivity index (χ4n) is 3.35. The Hall–Kier alpha value is -0.770. The van der Waals surface area contributed by atoms with Crippen LogP contribution in [-0.2, 0) is 4.74 Å². The zero-order chi connectivity index (χ0) is 14.8. The molecule has 1 N–H and O–H groups in total. The highest BCUT2D eigenvalue weighted by Gasteiger charge is 2.31. The van der Waals surface area contributed by atoms with Crippen LogP contribution in [0.4, 0.5) is 4.79 Å². The number of rotatable bonds is 3. The summed E-state index contributed by atoms with van der Waals surface area (Å²) in [5.41, 5.74) is -0.403. The van der Waals surface area contributed by atoms with Crippen LogP contribution in [0.1, 0.15) is 59.8 Å². The third kappa shape index (κ3) is 4.37. The van der Waals surface area contributed by atoms with Gasteiger partial charge in [0.2, 0.25) is 0 Å². The van der Waals surface area contributed by atoms with Crippen LogP contribution >= 0.6 is 0 Å². The molecule has 0 aromatic rings. The number of carbonyl (C=O) groups excluding carboxylic acids is 1. The summed E-state index contributed by atoms with van der Waals surface area (Å²) < 4.78 is 5.43. The lowest BCUT2D eigenvalue weighted by atomic mass is 9.99. The molecule has 2 unspecified atom stereocenters. The maximum Gasteiger partial charge on any atom is 0.410 e. The number of hydrogen-bond donors (Lipinski definition) is 1. The Bertz CT molecular complexity index is 332. The lowest BCUT2D eigenvalue weighted by molar-refractivity contribution is 0.0290. The predicted molar refractivity (Wildman–Crippen MR) is 80.8 cm³/mol. The number of nitrogens with one attached hydrogen (secondary N) is 1. The molecule has 4 heteroatoms. The van der Waals surface area contributed by atoms with E-state index in [1.54, 1.807) is 0 Å². The van der Waals surface area contributed by atoms with Crippen molar-refractivity contribution in [1.29, 1.82) is 0 Å². The third-order valence-electron chi connectivity index (χ3n) is 4.45. The molecule has 2 fully saturated rings. The molecule has 2 atom stereocenters. The summed E-state index contributed by atoms with van der Waals surface area (Å²) in [5, 5.41) is 3.72. The first-order valence-corrected chi connectivity index (χ1v) is 8.09. The second-order valence-corrected chi connectivity index (χ2v) is 7.41.